The van der Waals surface area contributed by atoms with Crippen LogP contribution >= 0.6 is 23.4 Å². The maximum atomic E-state index is 13.3. The van der Waals surface area contributed by atoms with E-state index in [4.69, 9.17) is 16.3 Å². The molecule has 1 aliphatic heterocycles. The Morgan fingerprint density at radius 3 is 2.44 bits per heavy atom. The summed E-state index contributed by atoms with van der Waals surface area (Å²) in [6, 6.07) is 28.1. The molecule has 36 heavy (non-hydrogen) atoms. The second kappa shape index (κ2) is 10.3. The zero-order valence-electron chi connectivity index (χ0n) is 19.0. The average Bonchev–Trinajstić information content (AvgIpc) is 3.16. The number of thioether (sulfide) groups is 1. The first-order valence-corrected chi connectivity index (χ1v) is 12.4. The Bertz CT molecular complexity index is 1570. The molecule has 2 amide bonds. The van der Waals surface area contributed by atoms with Crippen LogP contribution in [0.5, 0.6) is 5.75 Å². The van der Waals surface area contributed by atoms with Gasteiger partial charge >= 0.3 is 0 Å². The number of amides is 2. The number of carbonyl (C=O) groups is 2. The summed E-state index contributed by atoms with van der Waals surface area (Å²) >= 11 is 7.18. The molecule has 176 valence electrons. The Balaban J connectivity index is 1.49. The Labute approximate surface area is 217 Å². The lowest BCUT2D eigenvalue weighted by Gasteiger charge is -2.14. The highest BCUT2D eigenvalue weighted by molar-refractivity contribution is 8.18. The van der Waals surface area contributed by atoms with E-state index in [1.165, 1.54) is 4.90 Å². The number of ether oxygens (including phenoxy) is 1. The van der Waals surface area contributed by atoms with Crippen LogP contribution in [0.15, 0.2) is 89.8 Å². The molecule has 0 spiro atoms. The molecule has 7 heteroatoms. The summed E-state index contributed by atoms with van der Waals surface area (Å²) in [5.74, 6) is 0.179. The van der Waals surface area contributed by atoms with E-state index in [1.54, 1.807) is 30.3 Å². The molecular weight excluding hydrogens is 492 g/mol. The van der Waals surface area contributed by atoms with Crippen LogP contribution in [0.2, 0.25) is 5.02 Å². The summed E-state index contributed by atoms with van der Waals surface area (Å²) in [5, 5.41) is 11.5. The number of hydrogen-bond donors (Lipinski definition) is 0. The summed E-state index contributed by atoms with van der Waals surface area (Å²) in [4.78, 5) is 27.5. The SMILES string of the molecule is N#Cc1ccccc1CN1C(=O)S/C(=C/c2c(OCc3ccccc3Cl)ccc3ccccc23)C1=O. The van der Waals surface area contributed by atoms with Crippen molar-refractivity contribution in [1.29, 1.82) is 5.26 Å². The van der Waals surface area contributed by atoms with E-state index in [9.17, 15) is 14.9 Å². The van der Waals surface area contributed by atoms with Crippen molar-refractivity contribution in [2.45, 2.75) is 13.2 Å². The van der Waals surface area contributed by atoms with Crippen LogP contribution in [0.3, 0.4) is 0 Å². The van der Waals surface area contributed by atoms with Crippen molar-refractivity contribution >= 4 is 51.4 Å². The van der Waals surface area contributed by atoms with Gasteiger partial charge in [0.15, 0.2) is 0 Å². The number of carbonyl (C=O) groups excluding carboxylic acids is 2. The van der Waals surface area contributed by atoms with Crippen molar-refractivity contribution in [3.8, 4) is 11.8 Å². The van der Waals surface area contributed by atoms with E-state index in [0.717, 1.165) is 28.1 Å². The summed E-state index contributed by atoms with van der Waals surface area (Å²) in [6.45, 7) is 0.294. The topological polar surface area (TPSA) is 70.4 Å². The third-order valence-corrected chi connectivity index (χ3v) is 7.16. The first kappa shape index (κ1) is 23.7. The van der Waals surface area contributed by atoms with E-state index in [1.807, 2.05) is 60.7 Å². The molecule has 0 aromatic heterocycles. The highest BCUT2D eigenvalue weighted by Gasteiger charge is 2.35. The Morgan fingerprint density at radius 2 is 1.64 bits per heavy atom. The summed E-state index contributed by atoms with van der Waals surface area (Å²) < 4.78 is 6.15. The van der Waals surface area contributed by atoms with Crippen molar-refractivity contribution < 1.29 is 14.3 Å². The van der Waals surface area contributed by atoms with Gasteiger partial charge < -0.3 is 4.74 Å². The van der Waals surface area contributed by atoms with Crippen LogP contribution in [-0.2, 0) is 17.9 Å². The van der Waals surface area contributed by atoms with Gasteiger partial charge in [-0.2, -0.15) is 5.26 Å². The van der Waals surface area contributed by atoms with Gasteiger partial charge in [-0.05, 0) is 52.4 Å². The Kier molecular flexibility index (Phi) is 6.77. The molecule has 0 N–H and O–H groups in total. The average molecular weight is 511 g/mol. The molecular formula is C29H19ClN2O3S. The Morgan fingerprint density at radius 1 is 0.917 bits per heavy atom. The minimum absolute atomic E-state index is 0.0388. The standard InChI is InChI=1S/C29H19ClN2O3S/c30-25-12-6-4-10-22(25)18-35-26-14-13-19-7-3-5-11-23(19)24(26)15-27-28(33)32(29(34)36-27)17-21-9-2-1-8-20(21)16-31/h1-15H,17-18H2/b27-15+. The van der Waals surface area contributed by atoms with Crippen LogP contribution in [0.1, 0.15) is 22.3 Å². The molecule has 5 rings (SSSR count). The molecule has 0 aliphatic carbocycles. The van der Waals surface area contributed by atoms with Crippen LogP contribution in [-0.4, -0.2) is 16.0 Å². The van der Waals surface area contributed by atoms with Gasteiger partial charge in [-0.25, -0.2) is 0 Å². The zero-order valence-corrected chi connectivity index (χ0v) is 20.6. The van der Waals surface area contributed by atoms with Crippen molar-refractivity contribution in [2.75, 3.05) is 0 Å². The highest BCUT2D eigenvalue weighted by Crippen LogP contribution is 2.38. The highest BCUT2D eigenvalue weighted by atomic mass is 35.5. The number of nitriles is 1. The van der Waals surface area contributed by atoms with Crippen molar-refractivity contribution in [3.63, 3.8) is 0 Å². The van der Waals surface area contributed by atoms with Crippen molar-refractivity contribution in [2.24, 2.45) is 0 Å². The van der Waals surface area contributed by atoms with Gasteiger partial charge in [0, 0.05) is 16.1 Å². The predicted molar refractivity (Wildman–Crippen MR) is 142 cm³/mol. The smallest absolute Gasteiger partial charge is 0.293 e. The maximum absolute atomic E-state index is 13.3. The fourth-order valence-electron chi connectivity index (χ4n) is 4.03. The van der Waals surface area contributed by atoms with Gasteiger partial charge in [0.2, 0.25) is 0 Å². The molecule has 1 fully saturated rings. The monoisotopic (exact) mass is 510 g/mol. The number of hydrogen-bond acceptors (Lipinski definition) is 5. The largest absolute Gasteiger partial charge is 0.488 e. The first-order chi connectivity index (χ1) is 17.5. The molecule has 0 bridgehead atoms. The maximum Gasteiger partial charge on any atom is 0.293 e. The van der Waals surface area contributed by atoms with Crippen molar-refractivity contribution in [3.05, 3.63) is 117 Å². The molecule has 0 unspecified atom stereocenters. The number of fused-ring (bicyclic) bond motifs is 1. The molecule has 1 aliphatic rings. The van der Waals surface area contributed by atoms with Crippen LogP contribution < -0.4 is 4.74 Å². The quantitative estimate of drug-likeness (QED) is 0.257. The van der Waals surface area contributed by atoms with E-state index in [0.29, 0.717) is 32.4 Å². The number of benzene rings is 4. The minimum Gasteiger partial charge on any atom is -0.488 e. The van der Waals surface area contributed by atoms with Gasteiger partial charge in [-0.1, -0.05) is 78.3 Å². The summed E-state index contributed by atoms with van der Waals surface area (Å²) in [6.07, 6.45) is 1.71. The third-order valence-electron chi connectivity index (χ3n) is 5.89. The second-order valence-electron chi connectivity index (χ2n) is 8.12. The molecule has 1 heterocycles. The van der Waals surface area contributed by atoms with Gasteiger partial charge in [0.25, 0.3) is 11.1 Å². The molecule has 0 saturated carbocycles. The third kappa shape index (κ3) is 4.72. The predicted octanol–water partition coefficient (Wildman–Crippen LogP) is 7.18. The molecule has 0 radical (unpaired) electrons. The first-order valence-electron chi connectivity index (χ1n) is 11.2. The van der Waals surface area contributed by atoms with E-state index < -0.39 is 5.91 Å². The van der Waals surface area contributed by atoms with Crippen molar-refractivity contribution in [1.82, 2.24) is 4.90 Å². The summed E-state index contributed by atoms with van der Waals surface area (Å²) in [7, 11) is 0. The van der Waals surface area contributed by atoms with Gasteiger partial charge in [-0.3, -0.25) is 14.5 Å². The molecule has 4 aromatic carbocycles. The van der Waals surface area contributed by atoms with Crippen LogP contribution in [0, 0.1) is 11.3 Å². The lowest BCUT2D eigenvalue weighted by molar-refractivity contribution is -0.123. The zero-order chi connectivity index (χ0) is 25.1. The second-order valence-corrected chi connectivity index (χ2v) is 9.52. The van der Waals surface area contributed by atoms with Gasteiger partial charge in [0.05, 0.1) is 23.1 Å². The van der Waals surface area contributed by atoms with Gasteiger partial charge in [0.1, 0.15) is 12.4 Å². The van der Waals surface area contributed by atoms with Crippen LogP contribution in [0.25, 0.3) is 16.8 Å². The number of nitrogens with zero attached hydrogens (tertiary/aromatic N) is 2. The van der Waals surface area contributed by atoms with E-state index >= 15 is 0 Å². The molecule has 1 saturated heterocycles. The number of halogens is 1. The Hall–Kier alpha value is -4.05. The van der Waals surface area contributed by atoms with E-state index in [2.05, 4.69) is 6.07 Å². The number of imide groups is 1. The normalized spacial score (nSPS) is 14.4. The fraction of sp³-hybridized carbons (Fsp3) is 0.0690. The molecule has 4 aromatic rings. The van der Waals surface area contributed by atoms with E-state index in [-0.39, 0.29) is 18.4 Å². The minimum atomic E-state index is -0.400. The number of rotatable bonds is 6. The lowest BCUT2D eigenvalue weighted by Crippen LogP contribution is -2.27. The summed E-state index contributed by atoms with van der Waals surface area (Å²) in [5.41, 5.74) is 2.61. The fourth-order valence-corrected chi connectivity index (χ4v) is 5.04. The molecule has 5 nitrogen and oxygen atoms in total. The molecule has 0 atom stereocenters. The van der Waals surface area contributed by atoms with Gasteiger partial charge in [-0.15, -0.1) is 0 Å². The lowest BCUT2D eigenvalue weighted by atomic mass is 10.0. The van der Waals surface area contributed by atoms with Crippen LogP contribution in [0.4, 0.5) is 4.79 Å².